The number of rotatable bonds is 6. The molecule has 0 radical (unpaired) electrons. The van der Waals surface area contributed by atoms with E-state index < -0.39 is 11.9 Å². The Hall–Kier alpha value is -2.76. The molecular formula is C24H31NO5. The summed E-state index contributed by atoms with van der Waals surface area (Å²) >= 11 is 0. The fourth-order valence-corrected chi connectivity index (χ4v) is 4.08. The van der Waals surface area contributed by atoms with Crippen LogP contribution in [0.1, 0.15) is 65.4 Å². The summed E-state index contributed by atoms with van der Waals surface area (Å²) in [4.78, 5) is 26.0. The molecule has 1 aliphatic heterocycles. The summed E-state index contributed by atoms with van der Waals surface area (Å²) in [5.74, 6) is 0.354. The molecule has 0 bridgehead atoms. The van der Waals surface area contributed by atoms with Crippen LogP contribution in [0.15, 0.2) is 40.7 Å². The van der Waals surface area contributed by atoms with Gasteiger partial charge in [-0.2, -0.15) is 0 Å². The second-order valence-corrected chi connectivity index (χ2v) is 8.30. The van der Waals surface area contributed by atoms with Crippen molar-refractivity contribution in [1.29, 1.82) is 0 Å². The van der Waals surface area contributed by atoms with Crippen molar-refractivity contribution in [3.63, 3.8) is 0 Å². The zero-order chi connectivity index (χ0) is 22.0. The predicted molar refractivity (Wildman–Crippen MR) is 114 cm³/mol. The Bertz CT molecular complexity index is 910. The highest BCUT2D eigenvalue weighted by Gasteiger charge is 2.39. The number of carbonyl (C=O) groups is 2. The molecule has 0 spiro atoms. The SMILES string of the molecule is COc1cc([C@H]2C(C(=O)OC(C)C)=C(C)NC3=C2C(=O)CCC3)ccc1OC(C)C. The molecule has 1 heterocycles. The molecule has 0 unspecified atom stereocenters. The summed E-state index contributed by atoms with van der Waals surface area (Å²) in [6, 6.07) is 5.60. The van der Waals surface area contributed by atoms with Crippen LogP contribution in [-0.4, -0.2) is 31.1 Å². The summed E-state index contributed by atoms with van der Waals surface area (Å²) in [6.45, 7) is 9.39. The van der Waals surface area contributed by atoms with Crippen LogP contribution >= 0.6 is 0 Å². The summed E-state index contributed by atoms with van der Waals surface area (Å²) in [5, 5.41) is 3.30. The number of esters is 1. The largest absolute Gasteiger partial charge is 0.493 e. The smallest absolute Gasteiger partial charge is 0.337 e. The Kier molecular flexibility index (Phi) is 6.54. The van der Waals surface area contributed by atoms with Crippen molar-refractivity contribution in [1.82, 2.24) is 5.32 Å². The molecule has 2 aliphatic rings. The molecule has 1 aromatic rings. The van der Waals surface area contributed by atoms with Gasteiger partial charge in [-0.1, -0.05) is 6.07 Å². The Morgan fingerprint density at radius 2 is 1.83 bits per heavy atom. The van der Waals surface area contributed by atoms with Gasteiger partial charge in [-0.15, -0.1) is 0 Å². The highest BCUT2D eigenvalue weighted by atomic mass is 16.5. The zero-order valence-corrected chi connectivity index (χ0v) is 18.6. The van der Waals surface area contributed by atoms with Gasteiger partial charge in [0.25, 0.3) is 0 Å². The first-order valence-corrected chi connectivity index (χ1v) is 10.5. The number of Topliss-reactive ketones (excluding diaryl/α,β-unsaturated/α-hetero) is 1. The van der Waals surface area contributed by atoms with Crippen LogP contribution in [-0.2, 0) is 14.3 Å². The average Bonchev–Trinajstić information content (AvgIpc) is 2.66. The molecule has 3 rings (SSSR count). The number of hydrogen-bond donors (Lipinski definition) is 1. The maximum atomic E-state index is 13.0. The molecule has 162 valence electrons. The molecule has 0 saturated heterocycles. The number of allylic oxidation sites excluding steroid dienone is 3. The number of hydrogen-bond acceptors (Lipinski definition) is 6. The van der Waals surface area contributed by atoms with Crippen LogP contribution in [0.25, 0.3) is 0 Å². The molecule has 6 heteroatoms. The average molecular weight is 414 g/mol. The zero-order valence-electron chi connectivity index (χ0n) is 18.6. The lowest BCUT2D eigenvalue weighted by Crippen LogP contribution is -2.35. The molecule has 0 fully saturated rings. The Morgan fingerprint density at radius 3 is 2.47 bits per heavy atom. The van der Waals surface area contributed by atoms with Crippen molar-refractivity contribution >= 4 is 11.8 Å². The summed E-state index contributed by atoms with van der Waals surface area (Å²) in [5.41, 5.74) is 3.55. The van der Waals surface area contributed by atoms with Crippen LogP contribution in [0.2, 0.25) is 0 Å². The minimum atomic E-state index is -0.498. The number of dihydropyridines is 1. The standard InChI is InChI=1S/C24H31NO5/c1-13(2)29-19-11-10-16(12-20(19)28-6)22-21(24(27)30-14(3)4)15(5)25-17-8-7-9-18(26)23(17)22/h10-14,22,25H,7-9H2,1-6H3/t22-/m0/s1. The van der Waals surface area contributed by atoms with Gasteiger partial charge in [0.15, 0.2) is 17.3 Å². The number of carbonyl (C=O) groups excluding carboxylic acids is 2. The lowest BCUT2D eigenvalue weighted by molar-refractivity contribution is -0.143. The van der Waals surface area contributed by atoms with Crippen molar-refractivity contribution in [2.75, 3.05) is 7.11 Å². The van der Waals surface area contributed by atoms with E-state index in [4.69, 9.17) is 14.2 Å². The molecule has 6 nitrogen and oxygen atoms in total. The maximum absolute atomic E-state index is 13.0. The van der Waals surface area contributed by atoms with E-state index in [1.807, 2.05) is 52.8 Å². The van der Waals surface area contributed by atoms with E-state index in [2.05, 4.69) is 5.32 Å². The number of ketones is 1. The van der Waals surface area contributed by atoms with Crippen LogP contribution in [0.5, 0.6) is 11.5 Å². The minimum Gasteiger partial charge on any atom is -0.493 e. The predicted octanol–water partition coefficient (Wildman–Crippen LogP) is 4.40. The first kappa shape index (κ1) is 21.9. The number of nitrogens with one attached hydrogen (secondary N) is 1. The highest BCUT2D eigenvalue weighted by Crippen LogP contribution is 2.44. The monoisotopic (exact) mass is 413 g/mol. The highest BCUT2D eigenvalue weighted by molar-refractivity contribution is 6.03. The van der Waals surface area contributed by atoms with Gasteiger partial charge < -0.3 is 19.5 Å². The summed E-state index contributed by atoms with van der Waals surface area (Å²) in [7, 11) is 1.58. The molecule has 1 aromatic carbocycles. The van der Waals surface area contributed by atoms with Gasteiger partial charge in [0.05, 0.1) is 24.9 Å². The Morgan fingerprint density at radius 1 is 1.10 bits per heavy atom. The van der Waals surface area contributed by atoms with Gasteiger partial charge in [0.2, 0.25) is 0 Å². The molecule has 30 heavy (non-hydrogen) atoms. The van der Waals surface area contributed by atoms with Gasteiger partial charge >= 0.3 is 5.97 Å². The van der Waals surface area contributed by atoms with Crippen molar-refractivity contribution in [2.45, 2.75) is 72.0 Å². The Labute approximate surface area is 178 Å². The molecular weight excluding hydrogens is 382 g/mol. The lowest BCUT2D eigenvalue weighted by Gasteiger charge is -2.34. The molecule has 1 atom stereocenters. The van der Waals surface area contributed by atoms with Gasteiger partial charge in [-0.05, 0) is 65.2 Å². The fourth-order valence-electron chi connectivity index (χ4n) is 4.08. The minimum absolute atomic E-state index is 0.00316. The Balaban J connectivity index is 2.14. The topological polar surface area (TPSA) is 73.9 Å². The van der Waals surface area contributed by atoms with Crippen LogP contribution < -0.4 is 14.8 Å². The second-order valence-electron chi connectivity index (χ2n) is 8.30. The summed E-state index contributed by atoms with van der Waals surface area (Å²) in [6.07, 6.45) is 1.81. The maximum Gasteiger partial charge on any atom is 0.337 e. The van der Waals surface area contributed by atoms with Crippen LogP contribution in [0, 0.1) is 0 Å². The van der Waals surface area contributed by atoms with E-state index in [9.17, 15) is 9.59 Å². The third-order valence-corrected chi connectivity index (χ3v) is 5.22. The number of benzene rings is 1. The molecule has 0 amide bonds. The van der Waals surface area contributed by atoms with Gasteiger partial charge in [-0.3, -0.25) is 4.79 Å². The van der Waals surface area contributed by atoms with Gasteiger partial charge in [-0.25, -0.2) is 4.79 Å². The van der Waals surface area contributed by atoms with Gasteiger partial charge in [0.1, 0.15) is 0 Å². The van der Waals surface area contributed by atoms with Crippen LogP contribution in [0.4, 0.5) is 0 Å². The quantitative estimate of drug-likeness (QED) is 0.697. The number of ether oxygens (including phenoxy) is 3. The normalized spacial score (nSPS) is 19.1. The fraction of sp³-hybridized carbons (Fsp3) is 0.500. The van der Waals surface area contributed by atoms with E-state index in [-0.39, 0.29) is 18.0 Å². The molecule has 1 N–H and O–H groups in total. The second kappa shape index (κ2) is 8.94. The first-order valence-electron chi connectivity index (χ1n) is 10.5. The van der Waals surface area contributed by atoms with E-state index in [1.165, 1.54) is 0 Å². The molecule has 0 aromatic heterocycles. The third kappa shape index (κ3) is 4.37. The van der Waals surface area contributed by atoms with Crippen molar-refractivity contribution in [3.8, 4) is 11.5 Å². The number of methoxy groups -OCH3 is 1. The van der Waals surface area contributed by atoms with E-state index in [1.54, 1.807) is 7.11 Å². The van der Waals surface area contributed by atoms with E-state index in [0.29, 0.717) is 29.1 Å². The first-order chi connectivity index (χ1) is 14.2. The van der Waals surface area contributed by atoms with E-state index in [0.717, 1.165) is 29.8 Å². The lowest BCUT2D eigenvalue weighted by atomic mass is 9.75. The van der Waals surface area contributed by atoms with Crippen molar-refractivity contribution in [3.05, 3.63) is 46.3 Å². The third-order valence-electron chi connectivity index (χ3n) is 5.22. The molecule has 0 saturated carbocycles. The van der Waals surface area contributed by atoms with E-state index >= 15 is 0 Å². The van der Waals surface area contributed by atoms with Crippen molar-refractivity contribution in [2.24, 2.45) is 0 Å². The molecule has 1 aliphatic carbocycles. The van der Waals surface area contributed by atoms with Gasteiger partial charge in [0, 0.05) is 29.3 Å². The summed E-state index contributed by atoms with van der Waals surface area (Å²) < 4.78 is 16.9. The van der Waals surface area contributed by atoms with Crippen LogP contribution in [0.3, 0.4) is 0 Å². The van der Waals surface area contributed by atoms with Crippen molar-refractivity contribution < 1.29 is 23.8 Å².